The van der Waals surface area contributed by atoms with Crippen LogP contribution in [0.15, 0.2) is 22.7 Å². The summed E-state index contributed by atoms with van der Waals surface area (Å²) in [7, 11) is 1.71. The highest BCUT2D eigenvalue weighted by atomic mass is 79.9. The van der Waals surface area contributed by atoms with Crippen LogP contribution in [0.3, 0.4) is 0 Å². The van der Waals surface area contributed by atoms with E-state index in [-0.39, 0.29) is 0 Å². The number of nitrogens with one attached hydrogen (secondary N) is 1. The molecule has 0 saturated carbocycles. The van der Waals surface area contributed by atoms with Gasteiger partial charge in [0.05, 0.1) is 24.3 Å². The van der Waals surface area contributed by atoms with Crippen LogP contribution in [0.1, 0.15) is 12.0 Å². The van der Waals surface area contributed by atoms with Gasteiger partial charge in [0.2, 0.25) is 0 Å². The SMILES string of the molecule is COCCNCc1ccc(OCC2CCOC2)c(Br)c1. The molecular weight excluding hydrogens is 322 g/mol. The summed E-state index contributed by atoms with van der Waals surface area (Å²) in [6, 6.07) is 6.21. The summed E-state index contributed by atoms with van der Waals surface area (Å²) in [4.78, 5) is 0. The second kappa shape index (κ2) is 8.62. The van der Waals surface area contributed by atoms with E-state index in [9.17, 15) is 0 Å². The van der Waals surface area contributed by atoms with Crippen LogP contribution in [-0.4, -0.2) is 40.1 Å². The lowest BCUT2D eigenvalue weighted by atomic mass is 10.1. The first-order chi connectivity index (χ1) is 9.79. The van der Waals surface area contributed by atoms with Crippen LogP contribution in [0.25, 0.3) is 0 Å². The number of benzene rings is 1. The van der Waals surface area contributed by atoms with Gasteiger partial charge >= 0.3 is 0 Å². The van der Waals surface area contributed by atoms with E-state index in [2.05, 4.69) is 33.4 Å². The number of halogens is 1. The molecule has 5 heteroatoms. The predicted molar refractivity (Wildman–Crippen MR) is 82.1 cm³/mol. The van der Waals surface area contributed by atoms with Gasteiger partial charge in [-0.2, -0.15) is 0 Å². The fourth-order valence-electron chi connectivity index (χ4n) is 2.10. The van der Waals surface area contributed by atoms with Gasteiger partial charge in [0.15, 0.2) is 0 Å². The van der Waals surface area contributed by atoms with E-state index in [0.717, 1.165) is 56.2 Å². The highest BCUT2D eigenvalue weighted by Gasteiger charge is 2.16. The largest absolute Gasteiger partial charge is 0.492 e. The maximum atomic E-state index is 5.85. The van der Waals surface area contributed by atoms with Crippen molar-refractivity contribution >= 4 is 15.9 Å². The zero-order valence-electron chi connectivity index (χ0n) is 11.9. The van der Waals surface area contributed by atoms with Crippen molar-refractivity contribution < 1.29 is 14.2 Å². The van der Waals surface area contributed by atoms with Crippen LogP contribution >= 0.6 is 15.9 Å². The van der Waals surface area contributed by atoms with Gasteiger partial charge in [-0.15, -0.1) is 0 Å². The molecule has 1 aliphatic rings. The van der Waals surface area contributed by atoms with E-state index in [0.29, 0.717) is 5.92 Å². The lowest BCUT2D eigenvalue weighted by molar-refractivity contribution is 0.167. The third-order valence-corrected chi connectivity index (χ3v) is 3.93. The summed E-state index contributed by atoms with van der Waals surface area (Å²) in [5, 5.41) is 3.32. The van der Waals surface area contributed by atoms with E-state index in [1.807, 2.05) is 6.07 Å². The van der Waals surface area contributed by atoms with Gasteiger partial charge < -0.3 is 19.5 Å². The fourth-order valence-corrected chi connectivity index (χ4v) is 2.64. The average molecular weight is 344 g/mol. The Balaban J connectivity index is 1.78. The number of methoxy groups -OCH3 is 1. The average Bonchev–Trinajstić information content (AvgIpc) is 2.96. The molecule has 20 heavy (non-hydrogen) atoms. The quantitative estimate of drug-likeness (QED) is 0.736. The Hall–Kier alpha value is -0.620. The summed E-state index contributed by atoms with van der Waals surface area (Å²) in [6.45, 7) is 4.82. The van der Waals surface area contributed by atoms with Crippen molar-refractivity contribution in [2.45, 2.75) is 13.0 Å². The first kappa shape index (κ1) is 15.8. The fraction of sp³-hybridized carbons (Fsp3) is 0.600. The minimum atomic E-state index is 0.525. The van der Waals surface area contributed by atoms with Gasteiger partial charge in [0.1, 0.15) is 5.75 Å². The molecule has 0 bridgehead atoms. The molecule has 2 rings (SSSR count). The normalized spacial score (nSPS) is 18.4. The van der Waals surface area contributed by atoms with Crippen LogP contribution in [0, 0.1) is 5.92 Å². The molecule has 1 unspecified atom stereocenters. The monoisotopic (exact) mass is 343 g/mol. The van der Waals surface area contributed by atoms with Crippen LogP contribution < -0.4 is 10.1 Å². The van der Waals surface area contributed by atoms with Gasteiger partial charge in [-0.1, -0.05) is 6.07 Å². The standard InChI is InChI=1S/C15H22BrNO3/c1-18-7-5-17-9-12-2-3-15(14(16)8-12)20-11-13-4-6-19-10-13/h2-3,8,13,17H,4-7,9-11H2,1H3. The molecule has 112 valence electrons. The number of hydrogen-bond donors (Lipinski definition) is 1. The number of rotatable bonds is 8. The minimum Gasteiger partial charge on any atom is -0.492 e. The van der Waals surface area contributed by atoms with Gasteiger partial charge in [-0.3, -0.25) is 0 Å². The molecule has 0 spiro atoms. The highest BCUT2D eigenvalue weighted by molar-refractivity contribution is 9.10. The molecule has 1 aromatic rings. The first-order valence-corrected chi connectivity index (χ1v) is 7.77. The Morgan fingerprint density at radius 2 is 2.35 bits per heavy atom. The van der Waals surface area contributed by atoms with E-state index < -0.39 is 0 Å². The van der Waals surface area contributed by atoms with Gasteiger partial charge in [0.25, 0.3) is 0 Å². The minimum absolute atomic E-state index is 0.525. The molecular formula is C15H22BrNO3. The summed E-state index contributed by atoms with van der Waals surface area (Å²) in [5.74, 6) is 1.43. The lowest BCUT2D eigenvalue weighted by Gasteiger charge is -2.13. The third-order valence-electron chi connectivity index (χ3n) is 3.31. The van der Waals surface area contributed by atoms with Crippen molar-refractivity contribution in [1.82, 2.24) is 5.32 Å². The van der Waals surface area contributed by atoms with Crippen molar-refractivity contribution in [1.29, 1.82) is 0 Å². The predicted octanol–water partition coefficient (Wildman–Crippen LogP) is 2.60. The van der Waals surface area contributed by atoms with E-state index in [1.54, 1.807) is 7.11 Å². The Kier molecular flexibility index (Phi) is 6.79. The summed E-state index contributed by atoms with van der Waals surface area (Å²) in [5.41, 5.74) is 1.23. The zero-order chi connectivity index (χ0) is 14.2. The van der Waals surface area contributed by atoms with Crippen LogP contribution in [0.5, 0.6) is 5.75 Å². The van der Waals surface area contributed by atoms with Crippen LogP contribution in [0.2, 0.25) is 0 Å². The Morgan fingerprint density at radius 1 is 1.45 bits per heavy atom. The Labute approximate surface area is 128 Å². The summed E-state index contributed by atoms with van der Waals surface area (Å²) in [6.07, 6.45) is 1.10. The summed E-state index contributed by atoms with van der Waals surface area (Å²) < 4.78 is 17.2. The van der Waals surface area contributed by atoms with Crippen LogP contribution in [0.4, 0.5) is 0 Å². The first-order valence-electron chi connectivity index (χ1n) is 6.98. The molecule has 1 aromatic carbocycles. The van der Waals surface area contributed by atoms with E-state index in [4.69, 9.17) is 14.2 Å². The molecule has 1 aliphatic heterocycles. The molecule has 0 amide bonds. The van der Waals surface area contributed by atoms with Crippen molar-refractivity contribution in [3.63, 3.8) is 0 Å². The second-order valence-corrected chi connectivity index (χ2v) is 5.83. The molecule has 1 heterocycles. The van der Waals surface area contributed by atoms with Gasteiger partial charge in [-0.25, -0.2) is 0 Å². The zero-order valence-corrected chi connectivity index (χ0v) is 13.4. The Bertz CT molecular complexity index is 408. The van der Waals surface area contributed by atoms with Gasteiger partial charge in [0, 0.05) is 32.7 Å². The summed E-state index contributed by atoms with van der Waals surface area (Å²) >= 11 is 3.57. The smallest absolute Gasteiger partial charge is 0.133 e. The van der Waals surface area contributed by atoms with Crippen LogP contribution in [-0.2, 0) is 16.0 Å². The van der Waals surface area contributed by atoms with E-state index in [1.165, 1.54) is 5.56 Å². The number of hydrogen-bond acceptors (Lipinski definition) is 4. The molecule has 1 fully saturated rings. The molecule has 0 aliphatic carbocycles. The van der Waals surface area contributed by atoms with Crippen molar-refractivity contribution in [3.8, 4) is 5.75 Å². The van der Waals surface area contributed by atoms with Crippen molar-refractivity contribution in [3.05, 3.63) is 28.2 Å². The Morgan fingerprint density at radius 3 is 3.05 bits per heavy atom. The second-order valence-electron chi connectivity index (χ2n) is 4.97. The molecule has 1 N–H and O–H groups in total. The van der Waals surface area contributed by atoms with Crippen molar-refractivity contribution in [2.75, 3.05) is 40.1 Å². The highest BCUT2D eigenvalue weighted by Crippen LogP contribution is 2.27. The molecule has 0 radical (unpaired) electrons. The lowest BCUT2D eigenvalue weighted by Crippen LogP contribution is -2.18. The topological polar surface area (TPSA) is 39.7 Å². The maximum Gasteiger partial charge on any atom is 0.133 e. The maximum absolute atomic E-state index is 5.85. The van der Waals surface area contributed by atoms with E-state index >= 15 is 0 Å². The van der Waals surface area contributed by atoms with Gasteiger partial charge in [-0.05, 0) is 40.0 Å². The molecule has 4 nitrogen and oxygen atoms in total. The molecule has 1 saturated heterocycles. The third kappa shape index (κ3) is 5.05. The number of ether oxygens (including phenoxy) is 3. The molecule has 0 aromatic heterocycles. The molecule has 1 atom stereocenters. The van der Waals surface area contributed by atoms with Crippen molar-refractivity contribution in [2.24, 2.45) is 5.92 Å².